The molecule has 0 aromatic heterocycles. The van der Waals surface area contributed by atoms with E-state index in [9.17, 15) is 9.59 Å². The van der Waals surface area contributed by atoms with E-state index in [2.05, 4.69) is 10.6 Å². The van der Waals surface area contributed by atoms with Gasteiger partial charge in [0.15, 0.2) is 0 Å². The molecular formula is C15H28N2O4. The van der Waals surface area contributed by atoms with E-state index in [0.717, 1.165) is 25.7 Å². The second-order valence-electron chi connectivity index (χ2n) is 6.33. The van der Waals surface area contributed by atoms with Crippen molar-refractivity contribution in [3.63, 3.8) is 0 Å². The van der Waals surface area contributed by atoms with Crippen molar-refractivity contribution in [3.8, 4) is 0 Å². The lowest BCUT2D eigenvalue weighted by atomic mass is 9.90. The van der Waals surface area contributed by atoms with Crippen LogP contribution in [0.1, 0.15) is 53.4 Å². The highest BCUT2D eigenvalue weighted by atomic mass is 16.6. The van der Waals surface area contributed by atoms with Crippen molar-refractivity contribution < 1.29 is 19.1 Å². The molecule has 0 spiro atoms. The molecule has 1 aliphatic carbocycles. The molecule has 0 aliphatic heterocycles. The standard InChI is InChI=1S/C15H28N2O4/c1-5-20-13(18)10-16-11-8-6-7-9-12(11)17-14(19)21-15(2,3)4/h11-12,16H,5-10H2,1-4H3,(H,17,19)/t11-,12+/m0/s1. The molecule has 0 bridgehead atoms. The number of hydrogen-bond acceptors (Lipinski definition) is 5. The summed E-state index contributed by atoms with van der Waals surface area (Å²) in [5.74, 6) is -0.265. The van der Waals surface area contributed by atoms with Crippen molar-refractivity contribution in [1.82, 2.24) is 10.6 Å². The van der Waals surface area contributed by atoms with Gasteiger partial charge in [0.05, 0.1) is 13.2 Å². The van der Waals surface area contributed by atoms with Gasteiger partial charge in [-0.2, -0.15) is 0 Å². The number of carbonyl (C=O) groups is 2. The van der Waals surface area contributed by atoms with Crippen molar-refractivity contribution >= 4 is 12.1 Å². The molecule has 1 aliphatic rings. The highest BCUT2D eigenvalue weighted by Gasteiger charge is 2.28. The van der Waals surface area contributed by atoms with Crippen LogP contribution in [-0.2, 0) is 14.3 Å². The molecule has 2 N–H and O–H groups in total. The highest BCUT2D eigenvalue weighted by Crippen LogP contribution is 2.19. The van der Waals surface area contributed by atoms with Crippen LogP contribution in [0.2, 0.25) is 0 Å². The fourth-order valence-electron chi connectivity index (χ4n) is 2.43. The average molecular weight is 300 g/mol. The molecule has 122 valence electrons. The van der Waals surface area contributed by atoms with Gasteiger partial charge >= 0.3 is 12.1 Å². The van der Waals surface area contributed by atoms with E-state index in [1.54, 1.807) is 6.92 Å². The summed E-state index contributed by atoms with van der Waals surface area (Å²) in [6.07, 6.45) is 3.57. The second-order valence-corrected chi connectivity index (χ2v) is 6.33. The largest absolute Gasteiger partial charge is 0.465 e. The number of carbonyl (C=O) groups excluding carboxylic acids is 2. The smallest absolute Gasteiger partial charge is 0.407 e. The number of esters is 1. The van der Waals surface area contributed by atoms with Crippen LogP contribution in [-0.4, -0.2) is 42.9 Å². The molecule has 0 aromatic rings. The van der Waals surface area contributed by atoms with Crippen molar-refractivity contribution in [2.75, 3.05) is 13.2 Å². The van der Waals surface area contributed by atoms with Gasteiger partial charge in [0.1, 0.15) is 5.60 Å². The lowest BCUT2D eigenvalue weighted by Gasteiger charge is -2.33. The maximum Gasteiger partial charge on any atom is 0.407 e. The summed E-state index contributed by atoms with van der Waals surface area (Å²) in [6.45, 7) is 7.85. The SMILES string of the molecule is CCOC(=O)CN[C@H]1CCCC[C@H]1NC(=O)OC(C)(C)C. The third-order valence-electron chi connectivity index (χ3n) is 3.28. The Balaban J connectivity index is 2.45. The zero-order valence-electron chi connectivity index (χ0n) is 13.5. The second kappa shape index (κ2) is 8.22. The maximum atomic E-state index is 11.9. The average Bonchev–Trinajstić information content (AvgIpc) is 2.35. The number of ether oxygens (including phenoxy) is 2. The van der Waals surface area contributed by atoms with Gasteiger partial charge in [-0.05, 0) is 40.5 Å². The fraction of sp³-hybridized carbons (Fsp3) is 0.867. The number of nitrogens with one attached hydrogen (secondary N) is 2. The van der Waals surface area contributed by atoms with E-state index >= 15 is 0 Å². The molecule has 1 amide bonds. The number of rotatable bonds is 5. The molecule has 6 heteroatoms. The highest BCUT2D eigenvalue weighted by molar-refractivity contribution is 5.71. The lowest BCUT2D eigenvalue weighted by molar-refractivity contribution is -0.142. The molecule has 6 nitrogen and oxygen atoms in total. The number of amides is 1. The summed E-state index contributed by atoms with van der Waals surface area (Å²) in [5.41, 5.74) is -0.507. The summed E-state index contributed by atoms with van der Waals surface area (Å²) in [6, 6.07) is 0.0682. The topological polar surface area (TPSA) is 76.7 Å². The molecule has 2 atom stereocenters. The van der Waals surface area contributed by atoms with Gasteiger partial charge in [-0.15, -0.1) is 0 Å². The van der Waals surface area contributed by atoms with Crippen molar-refractivity contribution in [2.24, 2.45) is 0 Å². The molecule has 0 aromatic carbocycles. The summed E-state index contributed by atoms with van der Waals surface area (Å²) < 4.78 is 10.2. The predicted octanol–water partition coefficient (Wildman–Crippen LogP) is 1.97. The van der Waals surface area contributed by atoms with Gasteiger partial charge in [0.25, 0.3) is 0 Å². The minimum absolute atomic E-state index is 0.0111. The van der Waals surface area contributed by atoms with Crippen molar-refractivity contribution in [2.45, 2.75) is 71.1 Å². The van der Waals surface area contributed by atoms with Gasteiger partial charge in [0.2, 0.25) is 0 Å². The van der Waals surface area contributed by atoms with Crippen LogP contribution in [0.25, 0.3) is 0 Å². The van der Waals surface area contributed by atoms with Crippen LogP contribution < -0.4 is 10.6 Å². The Hall–Kier alpha value is -1.30. The number of hydrogen-bond donors (Lipinski definition) is 2. The van der Waals surface area contributed by atoms with Crippen LogP contribution in [0.15, 0.2) is 0 Å². The molecular weight excluding hydrogens is 272 g/mol. The van der Waals surface area contributed by atoms with Crippen LogP contribution in [0.5, 0.6) is 0 Å². The summed E-state index contributed by atoms with van der Waals surface area (Å²) in [4.78, 5) is 23.3. The fourth-order valence-corrected chi connectivity index (χ4v) is 2.43. The first kappa shape index (κ1) is 17.8. The Bertz CT molecular complexity index is 352. The van der Waals surface area contributed by atoms with Crippen molar-refractivity contribution in [1.29, 1.82) is 0 Å². The first-order valence-corrected chi connectivity index (χ1v) is 7.70. The molecule has 1 fully saturated rings. The van der Waals surface area contributed by atoms with Gasteiger partial charge in [-0.3, -0.25) is 4.79 Å². The minimum atomic E-state index is -0.507. The first-order valence-electron chi connectivity index (χ1n) is 7.70. The molecule has 0 unspecified atom stereocenters. The quantitative estimate of drug-likeness (QED) is 0.759. The third-order valence-corrected chi connectivity index (χ3v) is 3.28. The van der Waals surface area contributed by atoms with E-state index in [0.29, 0.717) is 6.61 Å². The minimum Gasteiger partial charge on any atom is -0.465 e. The normalized spacial score (nSPS) is 22.5. The molecule has 1 rings (SSSR count). The zero-order chi connectivity index (χ0) is 15.9. The number of alkyl carbamates (subject to hydrolysis) is 1. The first-order chi connectivity index (χ1) is 9.81. The van der Waals surface area contributed by atoms with Crippen molar-refractivity contribution in [3.05, 3.63) is 0 Å². The predicted molar refractivity (Wildman–Crippen MR) is 80.0 cm³/mol. The Labute approximate surface area is 126 Å². The Morgan fingerprint density at radius 1 is 1.14 bits per heavy atom. The van der Waals surface area contributed by atoms with Crippen LogP contribution in [0.4, 0.5) is 4.79 Å². The van der Waals surface area contributed by atoms with E-state index in [1.807, 2.05) is 20.8 Å². The van der Waals surface area contributed by atoms with E-state index < -0.39 is 11.7 Å². The monoisotopic (exact) mass is 300 g/mol. The summed E-state index contributed by atoms with van der Waals surface area (Å²) >= 11 is 0. The summed E-state index contributed by atoms with van der Waals surface area (Å²) in [7, 11) is 0. The van der Waals surface area contributed by atoms with E-state index in [4.69, 9.17) is 9.47 Å². The maximum absolute atomic E-state index is 11.9. The lowest BCUT2D eigenvalue weighted by Crippen LogP contribution is -2.53. The third kappa shape index (κ3) is 7.32. The van der Waals surface area contributed by atoms with Crippen LogP contribution >= 0.6 is 0 Å². The van der Waals surface area contributed by atoms with Gasteiger partial charge < -0.3 is 20.1 Å². The van der Waals surface area contributed by atoms with E-state index in [-0.39, 0.29) is 24.6 Å². The van der Waals surface area contributed by atoms with Gasteiger partial charge in [-0.1, -0.05) is 12.8 Å². The van der Waals surface area contributed by atoms with Crippen LogP contribution in [0.3, 0.4) is 0 Å². The summed E-state index contributed by atoms with van der Waals surface area (Å²) in [5, 5.41) is 6.09. The van der Waals surface area contributed by atoms with Gasteiger partial charge in [-0.25, -0.2) is 4.79 Å². The van der Waals surface area contributed by atoms with Gasteiger partial charge in [0, 0.05) is 12.1 Å². The van der Waals surface area contributed by atoms with E-state index in [1.165, 1.54) is 0 Å². The molecule has 0 radical (unpaired) electrons. The zero-order valence-corrected chi connectivity index (χ0v) is 13.5. The molecule has 0 heterocycles. The molecule has 21 heavy (non-hydrogen) atoms. The molecule has 1 saturated carbocycles. The van der Waals surface area contributed by atoms with Crippen LogP contribution in [0, 0.1) is 0 Å². The Morgan fingerprint density at radius 3 is 2.33 bits per heavy atom. The Morgan fingerprint density at radius 2 is 1.76 bits per heavy atom. The molecule has 0 saturated heterocycles. The Kier molecular flexibility index (Phi) is 6.95.